The largest absolute Gasteiger partial charge is 0.375 e. The molecule has 0 aliphatic heterocycles. The molecule has 1 heterocycles. The zero-order valence-electron chi connectivity index (χ0n) is 16.8. The molecule has 0 fully saturated rings. The first kappa shape index (κ1) is 19.7. The van der Waals surface area contributed by atoms with Gasteiger partial charge in [0, 0.05) is 20.1 Å². The summed E-state index contributed by atoms with van der Waals surface area (Å²) in [5.41, 5.74) is 3.69. The molecule has 25 heavy (non-hydrogen) atoms. The van der Waals surface area contributed by atoms with E-state index in [-0.39, 0.29) is 5.60 Å². The van der Waals surface area contributed by atoms with Crippen LogP contribution in [-0.2, 0) is 18.2 Å². The van der Waals surface area contributed by atoms with Crippen molar-refractivity contribution in [1.82, 2.24) is 9.55 Å². The third kappa shape index (κ3) is 6.00. The van der Waals surface area contributed by atoms with Crippen LogP contribution in [0.15, 0.2) is 35.9 Å². The minimum absolute atomic E-state index is 0.0258. The van der Waals surface area contributed by atoms with Gasteiger partial charge in [0.25, 0.3) is 0 Å². The van der Waals surface area contributed by atoms with Crippen LogP contribution in [0.5, 0.6) is 0 Å². The van der Waals surface area contributed by atoms with Crippen LogP contribution in [0, 0.1) is 5.92 Å². The van der Waals surface area contributed by atoms with Crippen molar-refractivity contribution in [3.8, 4) is 0 Å². The van der Waals surface area contributed by atoms with Crippen molar-refractivity contribution in [1.29, 1.82) is 0 Å². The molecule has 1 aromatic heterocycles. The Labute approximate surface area is 153 Å². The Bertz CT molecular complexity index is 710. The third-order valence-electron chi connectivity index (χ3n) is 4.67. The van der Waals surface area contributed by atoms with Gasteiger partial charge in [0.1, 0.15) is 5.82 Å². The summed E-state index contributed by atoms with van der Waals surface area (Å²) >= 11 is 0. The molecule has 0 N–H and O–H groups in total. The Morgan fingerprint density at radius 3 is 2.68 bits per heavy atom. The van der Waals surface area contributed by atoms with Gasteiger partial charge >= 0.3 is 0 Å². The van der Waals surface area contributed by atoms with Gasteiger partial charge in [-0.3, -0.25) is 0 Å². The van der Waals surface area contributed by atoms with Crippen LogP contribution in [0.1, 0.15) is 59.7 Å². The number of hydrogen-bond acceptors (Lipinski definition) is 2. The molecule has 3 nitrogen and oxygen atoms in total. The maximum absolute atomic E-state index is 6.02. The molecule has 3 heteroatoms. The fourth-order valence-corrected chi connectivity index (χ4v) is 3.00. The average Bonchev–Trinajstić information content (AvgIpc) is 2.88. The van der Waals surface area contributed by atoms with Crippen molar-refractivity contribution in [2.45, 2.75) is 65.9 Å². The number of fused-ring (bicyclic) bond motifs is 1. The van der Waals surface area contributed by atoms with Crippen LogP contribution in [0.4, 0.5) is 0 Å². The molecule has 0 saturated carbocycles. The fraction of sp³-hybridized carbons (Fsp3) is 0.591. The highest BCUT2D eigenvalue weighted by Crippen LogP contribution is 2.21. The summed E-state index contributed by atoms with van der Waals surface area (Å²) in [4.78, 5) is 4.74. The van der Waals surface area contributed by atoms with Crippen LogP contribution in [0.2, 0.25) is 0 Å². The minimum Gasteiger partial charge on any atom is -0.375 e. The predicted molar refractivity (Wildman–Crippen MR) is 107 cm³/mol. The van der Waals surface area contributed by atoms with Crippen LogP contribution < -0.4 is 0 Å². The van der Waals surface area contributed by atoms with E-state index in [1.165, 1.54) is 11.1 Å². The molecule has 0 saturated heterocycles. The van der Waals surface area contributed by atoms with Crippen molar-refractivity contribution >= 4 is 11.0 Å². The molecule has 0 aliphatic rings. The Morgan fingerprint density at radius 1 is 1.28 bits per heavy atom. The van der Waals surface area contributed by atoms with Gasteiger partial charge in [0.15, 0.2) is 0 Å². The molecule has 1 aromatic carbocycles. The monoisotopic (exact) mass is 342 g/mol. The normalized spacial score (nSPS) is 13.2. The van der Waals surface area contributed by atoms with E-state index in [2.05, 4.69) is 70.5 Å². The number of ether oxygens (including phenoxy) is 1. The lowest BCUT2D eigenvalue weighted by molar-refractivity contribution is -0.0369. The summed E-state index contributed by atoms with van der Waals surface area (Å²) in [6.07, 6.45) is 6.60. The van der Waals surface area contributed by atoms with Crippen LogP contribution >= 0.6 is 0 Å². The molecule has 0 atom stereocenters. The summed E-state index contributed by atoms with van der Waals surface area (Å²) in [5.74, 6) is 1.72. The molecule has 2 rings (SSSR count). The lowest BCUT2D eigenvalue weighted by Crippen LogP contribution is -2.26. The minimum atomic E-state index is -0.0258. The zero-order valence-corrected chi connectivity index (χ0v) is 16.8. The maximum Gasteiger partial charge on any atom is 0.113 e. The molecule has 0 spiro atoms. The quantitative estimate of drug-likeness (QED) is 0.548. The molecule has 2 aromatic rings. The fourth-order valence-electron chi connectivity index (χ4n) is 3.00. The number of allylic oxidation sites excluding steroid dienone is 2. The smallest absolute Gasteiger partial charge is 0.113 e. The van der Waals surface area contributed by atoms with E-state index in [4.69, 9.17) is 9.72 Å². The second-order valence-electron chi connectivity index (χ2n) is 8.15. The highest BCUT2D eigenvalue weighted by atomic mass is 16.5. The van der Waals surface area contributed by atoms with Gasteiger partial charge in [-0.2, -0.15) is 0 Å². The van der Waals surface area contributed by atoms with Gasteiger partial charge in [-0.15, -0.1) is 0 Å². The number of para-hydroxylation sites is 2. The summed E-state index contributed by atoms with van der Waals surface area (Å²) in [7, 11) is 2.10. The molecule has 0 radical (unpaired) electrons. The molecule has 0 unspecified atom stereocenters. The second kappa shape index (κ2) is 8.66. The van der Waals surface area contributed by atoms with Crippen molar-refractivity contribution < 1.29 is 4.74 Å². The summed E-state index contributed by atoms with van der Waals surface area (Å²) in [5, 5.41) is 0. The van der Waals surface area contributed by atoms with Crippen molar-refractivity contribution in [3.05, 3.63) is 41.7 Å². The second-order valence-corrected chi connectivity index (χ2v) is 8.15. The molecule has 0 bridgehead atoms. The van der Waals surface area contributed by atoms with Gasteiger partial charge < -0.3 is 9.30 Å². The lowest BCUT2D eigenvalue weighted by Gasteiger charge is -2.26. The Kier molecular flexibility index (Phi) is 6.83. The molecular formula is C22H34N2O. The van der Waals surface area contributed by atoms with Gasteiger partial charge in [0.2, 0.25) is 0 Å². The number of aryl methyl sites for hydroxylation is 1. The summed E-state index contributed by atoms with van der Waals surface area (Å²) < 4.78 is 8.22. The number of nitrogens with zero attached hydrogens (tertiary/aromatic N) is 2. The van der Waals surface area contributed by atoms with E-state index in [1.807, 2.05) is 6.07 Å². The lowest BCUT2D eigenvalue weighted by atomic mass is 9.98. The molecular weight excluding hydrogens is 308 g/mol. The van der Waals surface area contributed by atoms with Crippen molar-refractivity contribution in [3.63, 3.8) is 0 Å². The SMILES string of the molecule is C/C(=C\Cc1nc2ccccc2n1C)CCCC(C)(C)OCC(C)C. The molecule has 0 amide bonds. The van der Waals surface area contributed by atoms with Crippen LogP contribution in [0.25, 0.3) is 11.0 Å². The summed E-state index contributed by atoms with van der Waals surface area (Å²) in [6, 6.07) is 8.32. The number of benzene rings is 1. The van der Waals surface area contributed by atoms with Crippen LogP contribution in [-0.4, -0.2) is 21.8 Å². The van der Waals surface area contributed by atoms with Crippen molar-refractivity contribution in [2.24, 2.45) is 13.0 Å². The first-order valence-corrected chi connectivity index (χ1v) is 9.48. The molecule has 0 aliphatic carbocycles. The highest BCUT2D eigenvalue weighted by molar-refractivity contribution is 5.75. The third-order valence-corrected chi connectivity index (χ3v) is 4.67. The Hall–Kier alpha value is -1.61. The van der Waals surface area contributed by atoms with E-state index in [9.17, 15) is 0 Å². The first-order chi connectivity index (χ1) is 11.8. The number of imidazole rings is 1. The number of hydrogen-bond donors (Lipinski definition) is 0. The first-order valence-electron chi connectivity index (χ1n) is 9.48. The van der Waals surface area contributed by atoms with Crippen molar-refractivity contribution in [2.75, 3.05) is 6.61 Å². The highest BCUT2D eigenvalue weighted by Gasteiger charge is 2.18. The zero-order chi connectivity index (χ0) is 18.4. The van der Waals surface area contributed by atoms with Gasteiger partial charge in [-0.25, -0.2) is 4.98 Å². The number of rotatable bonds is 9. The topological polar surface area (TPSA) is 27.1 Å². The molecule has 138 valence electrons. The average molecular weight is 343 g/mol. The Morgan fingerprint density at radius 2 is 2.00 bits per heavy atom. The van der Waals surface area contributed by atoms with Gasteiger partial charge in [0.05, 0.1) is 16.6 Å². The van der Waals surface area contributed by atoms with Gasteiger partial charge in [-0.05, 0) is 58.1 Å². The van der Waals surface area contributed by atoms with Gasteiger partial charge in [-0.1, -0.05) is 37.6 Å². The Balaban J connectivity index is 1.84. The standard InChI is InChI=1S/C22H34N2O/c1-17(2)16-25-22(4,5)15-9-10-18(3)13-14-21-23-19-11-7-8-12-20(19)24(21)6/h7-8,11-13,17H,9-10,14-16H2,1-6H3/b18-13+. The van der Waals surface area contributed by atoms with E-state index in [0.29, 0.717) is 5.92 Å². The summed E-state index contributed by atoms with van der Waals surface area (Å²) in [6.45, 7) is 11.9. The van der Waals surface area contributed by atoms with E-state index in [1.54, 1.807) is 0 Å². The maximum atomic E-state index is 6.02. The van der Waals surface area contributed by atoms with Crippen LogP contribution in [0.3, 0.4) is 0 Å². The van der Waals surface area contributed by atoms with E-state index >= 15 is 0 Å². The van der Waals surface area contributed by atoms with E-state index < -0.39 is 0 Å². The predicted octanol–water partition coefficient (Wildman–Crippen LogP) is 5.68. The van der Waals surface area contributed by atoms with E-state index in [0.717, 1.165) is 43.6 Å². The number of aromatic nitrogens is 2.